The summed E-state index contributed by atoms with van der Waals surface area (Å²) in [6.45, 7) is 7.60. The molecule has 0 heterocycles. The van der Waals surface area contributed by atoms with Crippen LogP contribution in [0.25, 0.3) is 6.08 Å². The van der Waals surface area contributed by atoms with E-state index in [0.717, 1.165) is 11.1 Å². The molecule has 1 atom stereocenters. The molecule has 0 bridgehead atoms. The van der Waals surface area contributed by atoms with Crippen molar-refractivity contribution in [1.29, 1.82) is 0 Å². The fourth-order valence-electron chi connectivity index (χ4n) is 3.54. The first-order valence-corrected chi connectivity index (χ1v) is 10.3. The highest BCUT2D eigenvalue weighted by molar-refractivity contribution is 6.02. The highest BCUT2D eigenvalue weighted by Crippen LogP contribution is 2.44. The number of hydrogen-bond acceptors (Lipinski definition) is 4. The average Bonchev–Trinajstić information content (AvgIpc) is 2.77. The molecule has 0 amide bonds. The molecule has 2 aromatic rings. The molecular weight excluding hydrogens is 376 g/mol. The minimum atomic E-state index is -1.51. The van der Waals surface area contributed by atoms with Gasteiger partial charge in [0.1, 0.15) is 0 Å². The largest absolute Gasteiger partial charge is 0.465 e. The van der Waals surface area contributed by atoms with Crippen LogP contribution in [0.1, 0.15) is 43.7 Å². The zero-order valence-electron chi connectivity index (χ0n) is 17.8. The quantitative estimate of drug-likeness (QED) is 0.278. The highest BCUT2D eigenvalue weighted by atomic mass is 16.6. The molecule has 0 N–H and O–H groups in total. The van der Waals surface area contributed by atoms with Gasteiger partial charge in [-0.3, -0.25) is 9.59 Å². The average molecular weight is 407 g/mol. The van der Waals surface area contributed by atoms with E-state index in [9.17, 15) is 9.59 Å². The summed E-state index contributed by atoms with van der Waals surface area (Å²) in [5.74, 6) is -1.70. The summed E-state index contributed by atoms with van der Waals surface area (Å²) in [5, 5.41) is 0. The lowest BCUT2D eigenvalue weighted by molar-refractivity contribution is -0.173. The number of carbonyl (C=O) groups is 2. The van der Waals surface area contributed by atoms with E-state index in [-0.39, 0.29) is 19.6 Å². The van der Waals surface area contributed by atoms with Crippen molar-refractivity contribution in [2.45, 2.75) is 32.6 Å². The Labute approximate surface area is 179 Å². The molecular formula is C26H30O4. The van der Waals surface area contributed by atoms with Gasteiger partial charge in [-0.1, -0.05) is 78.9 Å². The van der Waals surface area contributed by atoms with E-state index in [1.807, 2.05) is 72.8 Å². The van der Waals surface area contributed by atoms with Crippen LogP contribution in [0.5, 0.6) is 0 Å². The van der Waals surface area contributed by atoms with Gasteiger partial charge in [0.05, 0.1) is 13.2 Å². The first kappa shape index (κ1) is 23.1. The summed E-state index contributed by atoms with van der Waals surface area (Å²) in [6.07, 6.45) is 6.25. The number of esters is 2. The van der Waals surface area contributed by atoms with Crippen LogP contribution in [-0.4, -0.2) is 25.2 Å². The van der Waals surface area contributed by atoms with Crippen molar-refractivity contribution in [2.75, 3.05) is 13.2 Å². The van der Waals surface area contributed by atoms with Gasteiger partial charge in [-0.05, 0) is 37.8 Å². The molecule has 2 aromatic carbocycles. The van der Waals surface area contributed by atoms with Crippen molar-refractivity contribution >= 4 is 18.0 Å². The van der Waals surface area contributed by atoms with Gasteiger partial charge in [0.2, 0.25) is 0 Å². The molecule has 30 heavy (non-hydrogen) atoms. The molecule has 1 unspecified atom stereocenters. The van der Waals surface area contributed by atoms with Gasteiger partial charge in [-0.2, -0.15) is 0 Å². The van der Waals surface area contributed by atoms with Crippen LogP contribution in [0.3, 0.4) is 0 Å². The van der Waals surface area contributed by atoms with Crippen molar-refractivity contribution < 1.29 is 19.1 Å². The van der Waals surface area contributed by atoms with E-state index in [2.05, 4.69) is 6.58 Å². The van der Waals surface area contributed by atoms with Crippen LogP contribution in [0.4, 0.5) is 0 Å². The molecule has 4 nitrogen and oxygen atoms in total. The van der Waals surface area contributed by atoms with Crippen LogP contribution >= 0.6 is 0 Å². The third-order valence-electron chi connectivity index (χ3n) is 4.99. The van der Waals surface area contributed by atoms with E-state index < -0.39 is 23.3 Å². The van der Waals surface area contributed by atoms with Gasteiger partial charge in [0.15, 0.2) is 5.41 Å². The Balaban J connectivity index is 2.68. The summed E-state index contributed by atoms with van der Waals surface area (Å²) in [5.41, 5.74) is 0.311. The summed E-state index contributed by atoms with van der Waals surface area (Å²) >= 11 is 0. The third-order valence-corrected chi connectivity index (χ3v) is 4.99. The Bertz CT molecular complexity index is 822. The van der Waals surface area contributed by atoms with Gasteiger partial charge in [-0.25, -0.2) is 0 Å². The molecule has 0 fully saturated rings. The maximum atomic E-state index is 13.3. The Morgan fingerprint density at radius 1 is 0.933 bits per heavy atom. The van der Waals surface area contributed by atoms with Crippen LogP contribution in [0.15, 0.2) is 79.4 Å². The lowest BCUT2D eigenvalue weighted by atomic mass is 9.68. The van der Waals surface area contributed by atoms with Gasteiger partial charge < -0.3 is 9.47 Å². The van der Waals surface area contributed by atoms with Crippen LogP contribution in [0, 0.1) is 5.41 Å². The molecule has 0 radical (unpaired) electrons. The summed E-state index contributed by atoms with van der Waals surface area (Å²) in [6, 6.07) is 19.3. The fourth-order valence-corrected chi connectivity index (χ4v) is 3.54. The van der Waals surface area contributed by atoms with E-state index >= 15 is 0 Å². The van der Waals surface area contributed by atoms with Crippen molar-refractivity contribution in [3.8, 4) is 0 Å². The second-order valence-corrected chi connectivity index (χ2v) is 6.90. The maximum absolute atomic E-state index is 13.3. The number of hydrogen-bond donors (Lipinski definition) is 0. The monoisotopic (exact) mass is 406 g/mol. The third kappa shape index (κ3) is 5.47. The molecule has 0 aliphatic rings. The molecule has 0 aromatic heterocycles. The van der Waals surface area contributed by atoms with E-state index in [0.29, 0.717) is 6.42 Å². The fraction of sp³-hybridized carbons (Fsp3) is 0.308. The number of benzene rings is 2. The topological polar surface area (TPSA) is 52.6 Å². The number of rotatable bonds is 11. The van der Waals surface area contributed by atoms with Crippen LogP contribution < -0.4 is 0 Å². The van der Waals surface area contributed by atoms with Crippen molar-refractivity contribution in [3.63, 3.8) is 0 Å². The molecule has 4 heteroatoms. The van der Waals surface area contributed by atoms with Crippen molar-refractivity contribution in [1.82, 2.24) is 0 Å². The summed E-state index contributed by atoms with van der Waals surface area (Å²) in [4.78, 5) is 26.6. The number of allylic oxidation sites excluding steroid dienone is 2. The van der Waals surface area contributed by atoms with Crippen LogP contribution in [0.2, 0.25) is 0 Å². The van der Waals surface area contributed by atoms with Crippen molar-refractivity contribution in [2.24, 2.45) is 5.41 Å². The predicted molar refractivity (Wildman–Crippen MR) is 120 cm³/mol. The zero-order valence-corrected chi connectivity index (χ0v) is 17.8. The predicted octanol–water partition coefficient (Wildman–Crippen LogP) is 5.56. The number of carbonyl (C=O) groups excluding carboxylic acids is 2. The van der Waals surface area contributed by atoms with Gasteiger partial charge in [0.25, 0.3) is 0 Å². The zero-order chi connectivity index (χ0) is 21.8. The Morgan fingerprint density at radius 2 is 1.47 bits per heavy atom. The van der Waals surface area contributed by atoms with Gasteiger partial charge in [-0.15, -0.1) is 6.58 Å². The maximum Gasteiger partial charge on any atom is 0.324 e. The second kappa shape index (κ2) is 11.8. The van der Waals surface area contributed by atoms with E-state index in [4.69, 9.17) is 9.47 Å². The molecule has 0 aliphatic heterocycles. The first-order chi connectivity index (χ1) is 14.6. The second-order valence-electron chi connectivity index (χ2n) is 6.90. The van der Waals surface area contributed by atoms with E-state index in [1.165, 1.54) is 0 Å². The van der Waals surface area contributed by atoms with E-state index in [1.54, 1.807) is 19.9 Å². The molecule has 0 saturated carbocycles. The van der Waals surface area contributed by atoms with Gasteiger partial charge in [0, 0.05) is 5.92 Å². The normalized spacial score (nSPS) is 12.3. The lowest BCUT2D eigenvalue weighted by Gasteiger charge is -2.35. The molecule has 0 spiro atoms. The number of ether oxygens (including phenoxy) is 2. The smallest absolute Gasteiger partial charge is 0.324 e. The summed E-state index contributed by atoms with van der Waals surface area (Å²) < 4.78 is 10.8. The highest BCUT2D eigenvalue weighted by Gasteiger charge is 2.54. The minimum absolute atomic E-state index is 0.179. The first-order valence-electron chi connectivity index (χ1n) is 10.3. The standard InChI is InChI=1S/C26H30O4/c1-4-7-20-26(24(27)29-5-2,25(28)30-6-3)23(22-16-12-9-13-17-22)19-18-21-14-10-8-11-15-21/h4,8-19,23H,1,5-7,20H2,2-3H3/b19-18+. The molecule has 158 valence electrons. The molecule has 2 rings (SSSR count). The van der Waals surface area contributed by atoms with Crippen LogP contribution in [-0.2, 0) is 19.1 Å². The lowest BCUT2D eigenvalue weighted by Crippen LogP contribution is -2.46. The summed E-state index contributed by atoms with van der Waals surface area (Å²) in [7, 11) is 0. The Hall–Kier alpha value is -3.14. The molecule has 0 aliphatic carbocycles. The Morgan fingerprint density at radius 3 is 1.97 bits per heavy atom. The Kier molecular flexibility index (Phi) is 9.07. The minimum Gasteiger partial charge on any atom is -0.465 e. The van der Waals surface area contributed by atoms with Crippen molar-refractivity contribution in [3.05, 3.63) is 90.5 Å². The van der Waals surface area contributed by atoms with Gasteiger partial charge >= 0.3 is 11.9 Å². The SMILES string of the molecule is C=CCCC(C(=O)OCC)(C(=O)OCC)C(/C=C/c1ccccc1)c1ccccc1. The molecule has 0 saturated heterocycles.